The average molecular weight is 293 g/mol. The van der Waals surface area contributed by atoms with Crippen molar-refractivity contribution < 1.29 is 4.39 Å². The molecule has 1 fully saturated rings. The van der Waals surface area contributed by atoms with Crippen LogP contribution in [0, 0.1) is 5.82 Å². The van der Waals surface area contributed by atoms with Crippen molar-refractivity contribution in [3.63, 3.8) is 0 Å². The number of hydrogen-bond acceptors (Lipinski definition) is 3. The number of nitrogens with one attached hydrogen (secondary N) is 1. The monoisotopic (exact) mass is 293 g/mol. The van der Waals surface area contributed by atoms with Crippen LogP contribution in [0.2, 0.25) is 0 Å². The van der Waals surface area contributed by atoms with E-state index in [0.29, 0.717) is 5.69 Å². The maximum atomic E-state index is 14.4. The van der Waals surface area contributed by atoms with Gasteiger partial charge in [0.05, 0.1) is 5.69 Å². The molecule has 1 N–H and O–H groups in total. The third-order valence-electron chi connectivity index (χ3n) is 5.08. The molecule has 21 heavy (non-hydrogen) atoms. The lowest BCUT2D eigenvalue weighted by atomic mass is 9.75. The van der Waals surface area contributed by atoms with Gasteiger partial charge in [-0.15, -0.1) is 0 Å². The first-order valence-corrected chi connectivity index (χ1v) is 7.75. The summed E-state index contributed by atoms with van der Waals surface area (Å²) >= 11 is 0. The topological polar surface area (TPSA) is 18.5 Å². The fourth-order valence-electron chi connectivity index (χ4n) is 3.13. The van der Waals surface area contributed by atoms with Crippen LogP contribution in [0.3, 0.4) is 0 Å². The normalized spacial score (nSPS) is 18.4. The van der Waals surface area contributed by atoms with E-state index in [0.717, 1.165) is 12.1 Å². The van der Waals surface area contributed by atoms with Gasteiger partial charge in [0, 0.05) is 25.2 Å². The lowest BCUT2D eigenvalue weighted by molar-refractivity contribution is 0.0682. The molecule has 1 unspecified atom stereocenters. The highest BCUT2D eigenvalue weighted by molar-refractivity contribution is 5.49. The van der Waals surface area contributed by atoms with Crippen LogP contribution < -0.4 is 10.2 Å². The summed E-state index contributed by atoms with van der Waals surface area (Å²) < 4.78 is 14.4. The van der Waals surface area contributed by atoms with Crippen LogP contribution >= 0.6 is 0 Å². The number of hydrogen-bond donors (Lipinski definition) is 1. The highest BCUT2D eigenvalue weighted by Crippen LogP contribution is 2.37. The molecule has 0 saturated heterocycles. The van der Waals surface area contributed by atoms with E-state index in [1.165, 1.54) is 19.3 Å². The predicted molar refractivity (Wildman–Crippen MR) is 87.4 cm³/mol. The molecule has 2 rings (SSSR count). The molecule has 1 atom stereocenters. The molecular weight excluding hydrogens is 265 g/mol. The van der Waals surface area contributed by atoms with E-state index in [2.05, 4.69) is 29.2 Å². The number of halogens is 1. The Kier molecular flexibility index (Phi) is 4.89. The van der Waals surface area contributed by atoms with Gasteiger partial charge in [0.1, 0.15) is 5.82 Å². The Bertz CT molecular complexity index is 483. The lowest BCUT2D eigenvalue weighted by Crippen LogP contribution is -2.56. The Morgan fingerprint density at radius 3 is 2.38 bits per heavy atom. The van der Waals surface area contributed by atoms with Gasteiger partial charge >= 0.3 is 0 Å². The highest BCUT2D eigenvalue weighted by atomic mass is 19.1. The molecule has 1 aromatic carbocycles. The Morgan fingerprint density at radius 2 is 1.95 bits per heavy atom. The average Bonchev–Trinajstić information content (AvgIpc) is 2.41. The van der Waals surface area contributed by atoms with Crippen LogP contribution in [0.25, 0.3) is 0 Å². The van der Waals surface area contributed by atoms with Crippen LogP contribution in [-0.4, -0.2) is 45.2 Å². The summed E-state index contributed by atoms with van der Waals surface area (Å²) in [6.45, 7) is 2.91. The molecule has 1 aliphatic rings. The minimum absolute atomic E-state index is 0.134. The summed E-state index contributed by atoms with van der Waals surface area (Å²) in [6, 6.07) is 5.73. The van der Waals surface area contributed by atoms with Gasteiger partial charge in [0.2, 0.25) is 0 Å². The molecule has 0 spiro atoms. The Labute approximate surface area is 128 Å². The van der Waals surface area contributed by atoms with E-state index in [1.54, 1.807) is 6.07 Å². The molecule has 1 saturated carbocycles. The summed E-state index contributed by atoms with van der Waals surface area (Å²) in [5, 5.41) is 3.14. The Balaban J connectivity index is 2.14. The highest BCUT2D eigenvalue weighted by Gasteiger charge is 2.40. The van der Waals surface area contributed by atoms with E-state index >= 15 is 0 Å². The summed E-state index contributed by atoms with van der Waals surface area (Å²) in [5.74, 6) is -0.134. The molecule has 0 aliphatic heterocycles. The molecular formula is C17H28FN3. The van der Waals surface area contributed by atoms with E-state index in [4.69, 9.17) is 0 Å². The van der Waals surface area contributed by atoms with Gasteiger partial charge in [-0.05, 0) is 65.0 Å². The molecule has 0 radical (unpaired) electrons. The van der Waals surface area contributed by atoms with Gasteiger partial charge in [-0.1, -0.05) is 6.07 Å². The molecule has 1 aromatic rings. The van der Waals surface area contributed by atoms with Crippen molar-refractivity contribution in [2.24, 2.45) is 0 Å². The quantitative estimate of drug-likeness (QED) is 0.870. The SMILES string of the molecule is CNC(C)c1ccc(N(C)CC2(N(C)C)CCC2)c(F)c1. The van der Waals surface area contributed by atoms with Gasteiger partial charge < -0.3 is 15.1 Å². The van der Waals surface area contributed by atoms with Crippen LogP contribution in [0.4, 0.5) is 10.1 Å². The van der Waals surface area contributed by atoms with Gasteiger partial charge in [-0.2, -0.15) is 0 Å². The van der Waals surface area contributed by atoms with Gasteiger partial charge in [-0.25, -0.2) is 4.39 Å². The Morgan fingerprint density at radius 1 is 1.29 bits per heavy atom. The smallest absolute Gasteiger partial charge is 0.146 e. The van der Waals surface area contributed by atoms with Gasteiger partial charge in [0.25, 0.3) is 0 Å². The van der Waals surface area contributed by atoms with Crippen molar-refractivity contribution >= 4 is 5.69 Å². The molecule has 3 nitrogen and oxygen atoms in total. The van der Waals surface area contributed by atoms with Gasteiger partial charge in [-0.3, -0.25) is 0 Å². The molecule has 118 valence electrons. The van der Waals surface area contributed by atoms with Crippen molar-refractivity contribution in [1.82, 2.24) is 10.2 Å². The molecule has 0 heterocycles. The third-order valence-corrected chi connectivity index (χ3v) is 5.08. The zero-order valence-electron chi connectivity index (χ0n) is 13.9. The zero-order valence-corrected chi connectivity index (χ0v) is 13.9. The fourth-order valence-corrected chi connectivity index (χ4v) is 3.13. The van der Waals surface area contributed by atoms with Crippen molar-refractivity contribution in [1.29, 1.82) is 0 Å². The number of anilines is 1. The van der Waals surface area contributed by atoms with E-state index in [-0.39, 0.29) is 17.4 Å². The van der Waals surface area contributed by atoms with Crippen molar-refractivity contribution in [2.75, 3.05) is 39.6 Å². The minimum Gasteiger partial charge on any atom is -0.370 e. The third kappa shape index (κ3) is 3.22. The molecule has 1 aliphatic carbocycles. The van der Waals surface area contributed by atoms with E-state index in [9.17, 15) is 4.39 Å². The van der Waals surface area contributed by atoms with E-state index in [1.807, 2.05) is 33.2 Å². The second-order valence-corrected chi connectivity index (χ2v) is 6.55. The second-order valence-electron chi connectivity index (χ2n) is 6.55. The summed E-state index contributed by atoms with van der Waals surface area (Å²) in [4.78, 5) is 4.35. The molecule has 0 amide bonds. The largest absolute Gasteiger partial charge is 0.370 e. The van der Waals surface area contributed by atoms with E-state index < -0.39 is 0 Å². The fraction of sp³-hybridized carbons (Fsp3) is 0.647. The van der Waals surface area contributed by atoms with Crippen LogP contribution in [-0.2, 0) is 0 Å². The lowest BCUT2D eigenvalue weighted by Gasteiger charge is -2.49. The number of nitrogens with zero attached hydrogens (tertiary/aromatic N) is 2. The minimum atomic E-state index is -0.134. The molecule has 0 aromatic heterocycles. The first-order valence-electron chi connectivity index (χ1n) is 7.75. The first-order chi connectivity index (χ1) is 9.89. The summed E-state index contributed by atoms with van der Waals surface area (Å²) in [6.07, 6.45) is 3.66. The standard InChI is InChI=1S/C17H28FN3/c1-13(19-2)14-7-8-16(15(18)11-14)21(5)12-17(20(3)4)9-6-10-17/h7-8,11,13,19H,6,9-10,12H2,1-5H3. The summed E-state index contributed by atoms with van der Waals surface area (Å²) in [5.41, 5.74) is 1.88. The zero-order chi connectivity index (χ0) is 15.6. The Hall–Kier alpha value is -1.13. The number of rotatable bonds is 6. The maximum Gasteiger partial charge on any atom is 0.146 e. The van der Waals surface area contributed by atoms with Crippen molar-refractivity contribution in [3.05, 3.63) is 29.6 Å². The van der Waals surface area contributed by atoms with Crippen molar-refractivity contribution in [3.8, 4) is 0 Å². The first kappa shape index (κ1) is 16.2. The number of likely N-dealkylation sites (N-methyl/N-ethyl adjacent to an activating group) is 2. The predicted octanol–water partition coefficient (Wildman–Crippen LogP) is 3.03. The van der Waals surface area contributed by atoms with Crippen molar-refractivity contribution in [2.45, 2.75) is 37.8 Å². The molecule has 4 heteroatoms. The second kappa shape index (κ2) is 6.32. The van der Waals surface area contributed by atoms with Crippen LogP contribution in [0.1, 0.15) is 37.8 Å². The van der Waals surface area contributed by atoms with Gasteiger partial charge in [0.15, 0.2) is 0 Å². The summed E-state index contributed by atoms with van der Waals surface area (Å²) in [7, 11) is 8.13. The number of benzene rings is 1. The van der Waals surface area contributed by atoms with Crippen LogP contribution in [0.15, 0.2) is 18.2 Å². The van der Waals surface area contributed by atoms with Crippen LogP contribution in [0.5, 0.6) is 0 Å². The molecule has 0 bridgehead atoms. The maximum absolute atomic E-state index is 14.4.